The maximum Gasteiger partial charge on any atom is 0.271 e. The molecule has 2 amide bonds. The predicted molar refractivity (Wildman–Crippen MR) is 95.9 cm³/mol. The molecule has 0 N–H and O–H groups in total. The highest BCUT2D eigenvalue weighted by atomic mass is 16.5. The van der Waals surface area contributed by atoms with E-state index in [0.29, 0.717) is 24.3 Å². The fourth-order valence-corrected chi connectivity index (χ4v) is 3.56. The molecule has 126 valence electrons. The molecule has 1 atom stereocenters. The number of benzene rings is 2. The molecule has 0 aliphatic carbocycles. The predicted octanol–water partition coefficient (Wildman–Crippen LogP) is 3.58. The van der Waals surface area contributed by atoms with Crippen LogP contribution in [0.2, 0.25) is 0 Å². The van der Waals surface area contributed by atoms with Crippen LogP contribution in [0.25, 0.3) is 6.08 Å². The second-order valence-corrected chi connectivity index (χ2v) is 6.38. The number of amides is 2. The molecule has 0 saturated carbocycles. The van der Waals surface area contributed by atoms with Crippen LogP contribution >= 0.6 is 0 Å². The molecule has 0 radical (unpaired) electrons. The highest BCUT2D eigenvalue weighted by Gasteiger charge is 2.57. The summed E-state index contributed by atoms with van der Waals surface area (Å²) < 4.78 is 5.97. The second kappa shape index (κ2) is 6.30. The lowest BCUT2D eigenvalue weighted by atomic mass is 9.87. The van der Waals surface area contributed by atoms with Crippen LogP contribution in [0.15, 0.2) is 66.2 Å². The fourth-order valence-electron chi connectivity index (χ4n) is 3.56. The molecule has 2 heterocycles. The van der Waals surface area contributed by atoms with Gasteiger partial charge in [-0.25, -0.2) is 4.90 Å². The zero-order valence-corrected chi connectivity index (χ0v) is 13.9. The third-order valence-electron chi connectivity index (χ3n) is 4.81. The quantitative estimate of drug-likeness (QED) is 0.623. The van der Waals surface area contributed by atoms with Crippen LogP contribution in [-0.2, 0) is 14.3 Å². The molecule has 4 rings (SSSR count). The number of carbonyl (C=O) groups excluding carboxylic acids is 2. The van der Waals surface area contributed by atoms with Crippen molar-refractivity contribution >= 4 is 23.6 Å². The third kappa shape index (κ3) is 2.59. The normalized spacial score (nSPS) is 25.1. The van der Waals surface area contributed by atoms with Crippen LogP contribution in [0.4, 0.5) is 5.69 Å². The number of rotatable bonds is 2. The molecule has 2 aromatic carbocycles. The van der Waals surface area contributed by atoms with E-state index in [1.807, 2.05) is 48.5 Å². The van der Waals surface area contributed by atoms with Crippen molar-refractivity contribution in [1.29, 1.82) is 0 Å². The average molecular weight is 333 g/mol. The second-order valence-electron chi connectivity index (χ2n) is 6.38. The van der Waals surface area contributed by atoms with E-state index < -0.39 is 5.60 Å². The Kier molecular flexibility index (Phi) is 3.98. The maximum atomic E-state index is 13.2. The highest BCUT2D eigenvalue weighted by Crippen LogP contribution is 2.42. The van der Waals surface area contributed by atoms with Gasteiger partial charge in [0.2, 0.25) is 0 Å². The first-order chi connectivity index (χ1) is 12.2. The van der Waals surface area contributed by atoms with Gasteiger partial charge in [0.05, 0.1) is 11.3 Å². The summed E-state index contributed by atoms with van der Waals surface area (Å²) in [5, 5.41) is 0. The Hall–Kier alpha value is -2.72. The molecule has 4 heteroatoms. The molecular formula is C21H19NO3. The minimum atomic E-state index is -1.15. The van der Waals surface area contributed by atoms with Crippen LogP contribution in [0, 0.1) is 0 Å². The molecule has 2 fully saturated rings. The van der Waals surface area contributed by atoms with Gasteiger partial charge in [-0.15, -0.1) is 0 Å². The Morgan fingerprint density at radius 1 is 0.920 bits per heavy atom. The summed E-state index contributed by atoms with van der Waals surface area (Å²) in [7, 11) is 0. The van der Waals surface area contributed by atoms with Crippen LogP contribution in [0.1, 0.15) is 24.8 Å². The molecule has 4 nitrogen and oxygen atoms in total. The molecule has 2 saturated heterocycles. The highest BCUT2D eigenvalue weighted by molar-refractivity contribution is 6.33. The van der Waals surface area contributed by atoms with Crippen LogP contribution in [0.5, 0.6) is 0 Å². The standard InChI is InChI=1S/C21H19NO3/c23-19-18(15-16-9-3-1-4-10-16)21(13-7-8-14-25-21)20(24)22(19)17-11-5-2-6-12-17/h1-6,9-12,15H,7-8,13-14H2/b18-15-. The van der Waals surface area contributed by atoms with Crippen molar-refractivity contribution in [3.63, 3.8) is 0 Å². The van der Waals surface area contributed by atoms with Gasteiger partial charge in [0.15, 0.2) is 5.60 Å². The summed E-state index contributed by atoms with van der Waals surface area (Å²) in [5.41, 5.74) is 0.762. The van der Waals surface area contributed by atoms with Crippen molar-refractivity contribution in [2.24, 2.45) is 0 Å². The minimum absolute atomic E-state index is 0.273. The molecule has 0 aromatic heterocycles. The lowest BCUT2D eigenvalue weighted by Crippen LogP contribution is -2.45. The number of carbonyl (C=O) groups is 2. The van der Waals surface area contributed by atoms with Crippen LogP contribution in [-0.4, -0.2) is 24.0 Å². The van der Waals surface area contributed by atoms with E-state index in [0.717, 1.165) is 18.4 Å². The SMILES string of the molecule is O=C1/C(=C/c2ccccc2)C2(CCCCO2)C(=O)N1c1ccccc1. The lowest BCUT2D eigenvalue weighted by Gasteiger charge is -2.32. The van der Waals surface area contributed by atoms with E-state index in [2.05, 4.69) is 0 Å². The summed E-state index contributed by atoms with van der Waals surface area (Å²) in [6.07, 6.45) is 4.12. The van der Waals surface area contributed by atoms with Crippen molar-refractivity contribution in [1.82, 2.24) is 0 Å². The van der Waals surface area contributed by atoms with Crippen molar-refractivity contribution in [3.05, 3.63) is 71.8 Å². The van der Waals surface area contributed by atoms with Gasteiger partial charge in [-0.3, -0.25) is 9.59 Å². The molecule has 1 unspecified atom stereocenters. The van der Waals surface area contributed by atoms with Crippen molar-refractivity contribution in [2.45, 2.75) is 24.9 Å². The number of nitrogens with zero attached hydrogens (tertiary/aromatic N) is 1. The topological polar surface area (TPSA) is 46.6 Å². The summed E-state index contributed by atoms with van der Waals surface area (Å²) in [5.74, 6) is -0.562. The first-order valence-corrected chi connectivity index (χ1v) is 8.57. The van der Waals surface area contributed by atoms with Crippen LogP contribution < -0.4 is 4.90 Å². The molecule has 0 bridgehead atoms. The molecule has 25 heavy (non-hydrogen) atoms. The molecule has 2 aliphatic heterocycles. The number of ether oxygens (including phenoxy) is 1. The Bertz CT molecular complexity index is 821. The van der Waals surface area contributed by atoms with Crippen molar-refractivity contribution in [3.8, 4) is 0 Å². The van der Waals surface area contributed by atoms with Gasteiger partial charge in [0.1, 0.15) is 0 Å². The zero-order valence-electron chi connectivity index (χ0n) is 13.9. The van der Waals surface area contributed by atoms with E-state index in [1.165, 1.54) is 4.90 Å². The third-order valence-corrected chi connectivity index (χ3v) is 4.81. The summed E-state index contributed by atoms with van der Waals surface area (Å²) in [6, 6.07) is 18.7. The smallest absolute Gasteiger partial charge is 0.271 e. The maximum absolute atomic E-state index is 13.2. The number of anilines is 1. The fraction of sp³-hybridized carbons (Fsp3) is 0.238. The van der Waals surface area contributed by atoms with Crippen molar-refractivity contribution < 1.29 is 14.3 Å². The van der Waals surface area contributed by atoms with Gasteiger partial charge >= 0.3 is 0 Å². The number of hydrogen-bond donors (Lipinski definition) is 0. The number of imide groups is 1. The Morgan fingerprint density at radius 3 is 2.24 bits per heavy atom. The minimum Gasteiger partial charge on any atom is -0.360 e. The lowest BCUT2D eigenvalue weighted by molar-refractivity contribution is -0.140. The monoisotopic (exact) mass is 333 g/mol. The van der Waals surface area contributed by atoms with E-state index >= 15 is 0 Å². The first kappa shape index (κ1) is 15.8. The van der Waals surface area contributed by atoms with Gasteiger partial charge in [0.25, 0.3) is 11.8 Å². The van der Waals surface area contributed by atoms with E-state index in [4.69, 9.17) is 4.74 Å². The molecular weight excluding hydrogens is 314 g/mol. The van der Waals surface area contributed by atoms with E-state index in [-0.39, 0.29) is 11.8 Å². The van der Waals surface area contributed by atoms with Gasteiger partial charge in [0, 0.05) is 6.61 Å². The largest absolute Gasteiger partial charge is 0.360 e. The molecule has 2 aromatic rings. The van der Waals surface area contributed by atoms with Gasteiger partial charge in [-0.1, -0.05) is 48.5 Å². The molecule has 2 aliphatic rings. The average Bonchev–Trinajstić information content (AvgIpc) is 2.85. The first-order valence-electron chi connectivity index (χ1n) is 8.57. The Morgan fingerprint density at radius 2 is 1.60 bits per heavy atom. The van der Waals surface area contributed by atoms with Gasteiger partial charge < -0.3 is 4.74 Å². The summed E-state index contributed by atoms with van der Waals surface area (Å²) in [4.78, 5) is 27.6. The summed E-state index contributed by atoms with van der Waals surface area (Å²) in [6.45, 7) is 0.494. The zero-order chi connectivity index (χ0) is 17.3. The van der Waals surface area contributed by atoms with Gasteiger partial charge in [-0.2, -0.15) is 0 Å². The Labute approximate surface area is 146 Å². The molecule has 1 spiro atoms. The number of hydrogen-bond acceptors (Lipinski definition) is 3. The van der Waals surface area contributed by atoms with Gasteiger partial charge in [-0.05, 0) is 43.0 Å². The van der Waals surface area contributed by atoms with E-state index in [9.17, 15) is 9.59 Å². The Balaban J connectivity index is 1.84. The summed E-state index contributed by atoms with van der Waals surface area (Å²) >= 11 is 0. The van der Waals surface area contributed by atoms with E-state index in [1.54, 1.807) is 18.2 Å². The number of para-hydroxylation sites is 1. The van der Waals surface area contributed by atoms with Crippen LogP contribution in [0.3, 0.4) is 0 Å². The van der Waals surface area contributed by atoms with Crippen molar-refractivity contribution in [2.75, 3.05) is 11.5 Å².